The molecule has 36 heavy (non-hydrogen) atoms. The van der Waals surface area contributed by atoms with Crippen LogP contribution in [0, 0.1) is 0 Å². The zero-order chi connectivity index (χ0) is 25.7. The van der Waals surface area contributed by atoms with E-state index in [1.807, 2.05) is 30.5 Å². The van der Waals surface area contributed by atoms with Crippen LogP contribution in [0.15, 0.2) is 65.5 Å². The number of fused-ring (bicyclic) bond motifs is 1. The molecule has 0 radical (unpaired) electrons. The van der Waals surface area contributed by atoms with Gasteiger partial charge < -0.3 is 26.0 Å². The number of amides is 3. The summed E-state index contributed by atoms with van der Waals surface area (Å²) in [6.07, 6.45) is 1.83. The molecular formula is C25H21ClN4O5S. The number of H-pyrrole nitrogens is 1. The van der Waals surface area contributed by atoms with Crippen molar-refractivity contribution in [2.75, 3.05) is 6.54 Å². The topological polar surface area (TPSA) is 140 Å². The van der Waals surface area contributed by atoms with Gasteiger partial charge in [-0.15, -0.1) is 0 Å². The van der Waals surface area contributed by atoms with Crippen LogP contribution in [0.2, 0.25) is 5.02 Å². The number of carboxylic acid groups (broad SMARTS) is 1. The Labute approximate surface area is 214 Å². The minimum Gasteiger partial charge on any atom is -0.480 e. The summed E-state index contributed by atoms with van der Waals surface area (Å²) >= 11 is 7.58. The number of aromatic amines is 1. The highest BCUT2D eigenvalue weighted by molar-refractivity contribution is 7.08. The van der Waals surface area contributed by atoms with Gasteiger partial charge in [0.2, 0.25) is 0 Å². The Morgan fingerprint density at radius 2 is 1.78 bits per heavy atom. The Morgan fingerprint density at radius 3 is 2.50 bits per heavy atom. The summed E-state index contributed by atoms with van der Waals surface area (Å²) in [6.45, 7) is -0.0208. The van der Waals surface area contributed by atoms with E-state index in [0.717, 1.165) is 16.5 Å². The second kappa shape index (κ2) is 11.1. The number of benzene rings is 2. The van der Waals surface area contributed by atoms with Crippen molar-refractivity contribution in [2.45, 2.75) is 12.6 Å². The van der Waals surface area contributed by atoms with E-state index in [9.17, 15) is 24.3 Å². The first-order valence-corrected chi connectivity index (χ1v) is 12.1. The molecule has 0 saturated heterocycles. The van der Waals surface area contributed by atoms with Crippen LogP contribution in [0.1, 0.15) is 36.6 Å². The van der Waals surface area contributed by atoms with Crippen LogP contribution in [0.25, 0.3) is 10.9 Å². The molecule has 5 N–H and O–H groups in total. The zero-order valence-electron chi connectivity index (χ0n) is 18.7. The Bertz CT molecular complexity index is 1430. The van der Waals surface area contributed by atoms with E-state index in [-0.39, 0.29) is 28.6 Å². The van der Waals surface area contributed by atoms with Gasteiger partial charge in [0.25, 0.3) is 17.7 Å². The lowest BCUT2D eigenvalue weighted by Crippen LogP contribution is -2.48. The van der Waals surface area contributed by atoms with Crippen LogP contribution in [-0.4, -0.2) is 46.4 Å². The van der Waals surface area contributed by atoms with E-state index in [2.05, 4.69) is 20.9 Å². The maximum absolute atomic E-state index is 12.7. The molecule has 0 fully saturated rings. The number of carbonyl (C=O) groups is 4. The first-order chi connectivity index (χ1) is 17.3. The van der Waals surface area contributed by atoms with Gasteiger partial charge in [0, 0.05) is 46.7 Å². The predicted molar refractivity (Wildman–Crippen MR) is 136 cm³/mol. The summed E-state index contributed by atoms with van der Waals surface area (Å²) in [5, 5.41) is 21.4. The van der Waals surface area contributed by atoms with Crippen molar-refractivity contribution in [2.24, 2.45) is 0 Å². The minimum atomic E-state index is -1.38. The van der Waals surface area contributed by atoms with Crippen molar-refractivity contribution < 1.29 is 24.3 Å². The van der Waals surface area contributed by atoms with Crippen LogP contribution >= 0.6 is 22.9 Å². The van der Waals surface area contributed by atoms with Crippen LogP contribution in [0.5, 0.6) is 0 Å². The minimum absolute atomic E-state index is 0.000665. The van der Waals surface area contributed by atoms with Gasteiger partial charge in [0.1, 0.15) is 6.04 Å². The summed E-state index contributed by atoms with van der Waals surface area (Å²) in [5.74, 6) is -2.89. The summed E-state index contributed by atoms with van der Waals surface area (Å²) in [5.41, 5.74) is 2.55. The van der Waals surface area contributed by atoms with Crippen LogP contribution in [0.3, 0.4) is 0 Å². The standard InChI is InChI=1S/C25H21ClN4O5S/c26-19-10-14(22(31)28-11-15-2-1-3-20-17(15)6-8-27-20)4-5-18(19)24(33)30-21(25(34)35)12-29-23(32)16-7-9-36-13-16/h1-10,13,21,27H,11-12H2,(H,28,31)(H,29,32)(H,30,33)(H,34,35)/t21-/m0/s1. The highest BCUT2D eigenvalue weighted by Crippen LogP contribution is 2.20. The molecule has 9 nitrogen and oxygen atoms in total. The van der Waals surface area contributed by atoms with E-state index in [0.29, 0.717) is 12.1 Å². The number of aromatic nitrogens is 1. The van der Waals surface area contributed by atoms with E-state index in [4.69, 9.17) is 11.6 Å². The molecule has 3 amide bonds. The van der Waals surface area contributed by atoms with Crippen molar-refractivity contribution in [1.82, 2.24) is 20.9 Å². The van der Waals surface area contributed by atoms with Crippen LogP contribution in [-0.2, 0) is 11.3 Å². The molecule has 0 bridgehead atoms. The average Bonchev–Trinajstić information content (AvgIpc) is 3.57. The summed E-state index contributed by atoms with van der Waals surface area (Å²) in [4.78, 5) is 52.1. The highest BCUT2D eigenvalue weighted by atomic mass is 35.5. The highest BCUT2D eigenvalue weighted by Gasteiger charge is 2.23. The zero-order valence-corrected chi connectivity index (χ0v) is 20.3. The van der Waals surface area contributed by atoms with Gasteiger partial charge in [0.05, 0.1) is 10.6 Å². The van der Waals surface area contributed by atoms with Crippen LogP contribution < -0.4 is 16.0 Å². The second-order valence-corrected chi connectivity index (χ2v) is 9.01. The van der Waals surface area contributed by atoms with Crippen LogP contribution in [0.4, 0.5) is 0 Å². The van der Waals surface area contributed by atoms with Gasteiger partial charge in [-0.3, -0.25) is 14.4 Å². The number of thiophene rings is 1. The summed E-state index contributed by atoms with van der Waals surface area (Å²) in [6, 6.07) is 12.0. The molecule has 0 saturated carbocycles. The normalized spacial score (nSPS) is 11.6. The lowest BCUT2D eigenvalue weighted by Gasteiger charge is -2.16. The fourth-order valence-electron chi connectivity index (χ4n) is 3.55. The number of carboxylic acids is 1. The van der Waals surface area contributed by atoms with E-state index in [1.165, 1.54) is 29.5 Å². The maximum Gasteiger partial charge on any atom is 0.328 e. The molecule has 0 aliphatic heterocycles. The van der Waals surface area contributed by atoms with Crippen molar-refractivity contribution in [3.8, 4) is 0 Å². The number of aliphatic carboxylic acids is 1. The van der Waals surface area contributed by atoms with Gasteiger partial charge in [-0.1, -0.05) is 23.7 Å². The molecule has 4 aromatic rings. The average molecular weight is 525 g/mol. The van der Waals surface area contributed by atoms with Gasteiger partial charge in [-0.2, -0.15) is 11.3 Å². The van der Waals surface area contributed by atoms with Crippen molar-refractivity contribution in [3.05, 3.63) is 92.8 Å². The molecule has 0 aliphatic rings. The second-order valence-electron chi connectivity index (χ2n) is 7.82. The predicted octanol–water partition coefficient (Wildman–Crippen LogP) is 3.43. The Balaban J connectivity index is 1.37. The SMILES string of the molecule is O=C(NCc1cccc2[nH]ccc12)c1ccc(C(=O)N[C@@H](CNC(=O)c2ccsc2)C(=O)O)c(Cl)c1. The van der Waals surface area contributed by atoms with E-state index in [1.54, 1.807) is 16.8 Å². The number of hydrogen-bond donors (Lipinski definition) is 5. The quantitative estimate of drug-likeness (QED) is 0.228. The van der Waals surface area contributed by atoms with Gasteiger partial charge >= 0.3 is 5.97 Å². The molecule has 0 aliphatic carbocycles. The number of carbonyl (C=O) groups excluding carboxylic acids is 3. The first-order valence-electron chi connectivity index (χ1n) is 10.8. The summed E-state index contributed by atoms with van der Waals surface area (Å²) in [7, 11) is 0. The third kappa shape index (κ3) is 5.73. The third-order valence-corrected chi connectivity index (χ3v) is 6.45. The Morgan fingerprint density at radius 1 is 0.972 bits per heavy atom. The van der Waals surface area contributed by atoms with E-state index < -0.39 is 23.8 Å². The molecule has 2 aromatic carbocycles. The molecule has 4 rings (SSSR count). The lowest BCUT2D eigenvalue weighted by atomic mass is 10.1. The van der Waals surface area contributed by atoms with Gasteiger partial charge in [-0.25, -0.2) is 4.79 Å². The first kappa shape index (κ1) is 25.0. The molecule has 2 aromatic heterocycles. The van der Waals surface area contributed by atoms with Gasteiger partial charge in [0.15, 0.2) is 0 Å². The monoisotopic (exact) mass is 524 g/mol. The molecule has 184 valence electrons. The Kier molecular flexibility index (Phi) is 7.67. The maximum atomic E-state index is 12.7. The number of hydrogen-bond acceptors (Lipinski definition) is 5. The Hall–Kier alpha value is -4.15. The number of nitrogens with one attached hydrogen (secondary N) is 4. The van der Waals surface area contributed by atoms with Gasteiger partial charge in [-0.05, 0) is 47.3 Å². The van der Waals surface area contributed by atoms with Crippen molar-refractivity contribution >= 4 is 57.5 Å². The summed E-state index contributed by atoms with van der Waals surface area (Å²) < 4.78 is 0. The molecule has 11 heteroatoms. The van der Waals surface area contributed by atoms with Crippen molar-refractivity contribution in [3.63, 3.8) is 0 Å². The fourth-order valence-corrected chi connectivity index (χ4v) is 4.45. The van der Waals surface area contributed by atoms with E-state index >= 15 is 0 Å². The smallest absolute Gasteiger partial charge is 0.328 e. The molecular weight excluding hydrogens is 504 g/mol. The number of halogens is 1. The fraction of sp³-hybridized carbons (Fsp3) is 0.120. The molecule has 1 atom stereocenters. The largest absolute Gasteiger partial charge is 0.480 e. The molecule has 0 unspecified atom stereocenters. The third-order valence-electron chi connectivity index (χ3n) is 5.45. The molecule has 0 spiro atoms. The van der Waals surface area contributed by atoms with Crippen molar-refractivity contribution in [1.29, 1.82) is 0 Å². The molecule has 2 heterocycles. The number of rotatable bonds is 9. The lowest BCUT2D eigenvalue weighted by molar-refractivity contribution is -0.139.